The van der Waals surface area contributed by atoms with E-state index < -0.39 is 5.97 Å². The highest BCUT2D eigenvalue weighted by Crippen LogP contribution is 2.40. The van der Waals surface area contributed by atoms with E-state index in [-0.39, 0.29) is 17.5 Å². The predicted octanol–water partition coefficient (Wildman–Crippen LogP) is 0.957. The molecule has 0 aromatic rings. The molecule has 0 spiro atoms. The lowest BCUT2D eigenvalue weighted by atomic mass is 9.87. The molecule has 0 aromatic carbocycles. The van der Waals surface area contributed by atoms with Crippen LogP contribution in [0.4, 0.5) is 0 Å². The number of carboxylic acid groups (broad SMARTS) is 1. The van der Waals surface area contributed by atoms with Crippen LogP contribution in [0.15, 0.2) is 0 Å². The Bertz CT molecular complexity index is 371. The van der Waals surface area contributed by atoms with Crippen LogP contribution in [-0.4, -0.2) is 46.8 Å². The van der Waals surface area contributed by atoms with Gasteiger partial charge in [0.15, 0.2) is 0 Å². The molecule has 6 nitrogen and oxygen atoms in total. The van der Waals surface area contributed by atoms with Crippen LogP contribution in [0, 0.1) is 11.8 Å². The molecule has 4 fully saturated rings. The van der Waals surface area contributed by atoms with Crippen molar-refractivity contribution in [1.29, 1.82) is 0 Å². The first kappa shape index (κ1) is 16.4. The lowest BCUT2D eigenvalue weighted by Gasteiger charge is -2.14. The average Bonchev–Trinajstić information content (AvgIpc) is 3.31. The van der Waals surface area contributed by atoms with Crippen LogP contribution in [-0.2, 0) is 19.1 Å². The standard InChI is InChI=1S/C8H12O2.C7H10O3.H2O/c1-5(9)6-2-3-7-8(4-6)10-7;8-7(9)4-1-2-5-6(3-4)10-5;/h6-8H,2-4H2,1H3;4-6H,1-3H2,(H,8,9);1H2. The highest BCUT2D eigenvalue weighted by molar-refractivity contribution is 5.78. The zero-order valence-electron chi connectivity index (χ0n) is 12.3. The molecular weight excluding hydrogens is 276 g/mol. The maximum Gasteiger partial charge on any atom is 0.306 e. The highest BCUT2D eigenvalue weighted by Gasteiger charge is 2.46. The molecule has 2 aliphatic carbocycles. The lowest BCUT2D eigenvalue weighted by molar-refractivity contribution is -0.142. The van der Waals surface area contributed by atoms with Crippen LogP contribution in [0.1, 0.15) is 45.4 Å². The van der Waals surface area contributed by atoms with Gasteiger partial charge in [-0.15, -0.1) is 0 Å². The van der Waals surface area contributed by atoms with E-state index in [1.807, 2.05) is 0 Å². The van der Waals surface area contributed by atoms with Gasteiger partial charge < -0.3 is 20.1 Å². The Morgan fingerprint density at radius 1 is 0.857 bits per heavy atom. The summed E-state index contributed by atoms with van der Waals surface area (Å²) in [5.74, 6) is -0.143. The molecule has 2 heterocycles. The monoisotopic (exact) mass is 300 g/mol. The Hall–Kier alpha value is -0.980. The second kappa shape index (κ2) is 6.42. The van der Waals surface area contributed by atoms with Gasteiger partial charge in [-0.3, -0.25) is 9.59 Å². The Balaban J connectivity index is 0.000000147. The Morgan fingerprint density at radius 3 is 1.76 bits per heavy atom. The number of hydrogen-bond acceptors (Lipinski definition) is 4. The molecule has 6 heteroatoms. The summed E-state index contributed by atoms with van der Waals surface area (Å²) in [6, 6.07) is 0. The van der Waals surface area contributed by atoms with E-state index in [1.165, 1.54) is 0 Å². The fraction of sp³-hybridized carbons (Fsp3) is 0.867. The third kappa shape index (κ3) is 4.02. The summed E-state index contributed by atoms with van der Waals surface area (Å²) < 4.78 is 10.5. The number of fused-ring (bicyclic) bond motifs is 2. The van der Waals surface area contributed by atoms with Crippen LogP contribution in [0.25, 0.3) is 0 Å². The van der Waals surface area contributed by atoms with Crippen molar-refractivity contribution in [1.82, 2.24) is 0 Å². The van der Waals surface area contributed by atoms with Crippen LogP contribution in [0.3, 0.4) is 0 Å². The molecule has 0 amide bonds. The van der Waals surface area contributed by atoms with E-state index in [2.05, 4.69) is 0 Å². The smallest absolute Gasteiger partial charge is 0.306 e. The van der Waals surface area contributed by atoms with Crippen LogP contribution < -0.4 is 0 Å². The number of Topliss-reactive ketones (excluding diaryl/α,β-unsaturated/α-hetero) is 1. The summed E-state index contributed by atoms with van der Waals surface area (Å²) in [5.41, 5.74) is 0. The molecule has 6 unspecified atom stereocenters. The van der Waals surface area contributed by atoms with Gasteiger partial charge in [-0.1, -0.05) is 0 Å². The number of carbonyl (C=O) groups is 2. The van der Waals surface area contributed by atoms with Gasteiger partial charge in [-0.25, -0.2) is 0 Å². The molecule has 0 radical (unpaired) electrons. The fourth-order valence-corrected chi connectivity index (χ4v) is 3.40. The quantitative estimate of drug-likeness (QED) is 0.763. The van der Waals surface area contributed by atoms with Crippen molar-refractivity contribution >= 4 is 11.8 Å². The number of ketones is 1. The van der Waals surface area contributed by atoms with Gasteiger partial charge in [-0.05, 0) is 45.4 Å². The molecule has 2 saturated carbocycles. The number of rotatable bonds is 2. The molecule has 2 saturated heterocycles. The highest BCUT2D eigenvalue weighted by atomic mass is 16.6. The molecule has 0 bridgehead atoms. The maximum atomic E-state index is 10.9. The second-order valence-electron chi connectivity index (χ2n) is 6.39. The molecule has 21 heavy (non-hydrogen) atoms. The van der Waals surface area contributed by atoms with E-state index in [0.717, 1.165) is 38.5 Å². The summed E-state index contributed by atoms with van der Waals surface area (Å²) in [4.78, 5) is 21.4. The van der Waals surface area contributed by atoms with Crippen molar-refractivity contribution in [3.05, 3.63) is 0 Å². The Kier molecular flexibility index (Phi) is 5.01. The van der Waals surface area contributed by atoms with Gasteiger partial charge in [0.25, 0.3) is 0 Å². The summed E-state index contributed by atoms with van der Waals surface area (Å²) in [6.07, 6.45) is 7.30. The first-order chi connectivity index (χ1) is 9.54. The molecular formula is C15H24O6. The van der Waals surface area contributed by atoms with E-state index in [9.17, 15) is 9.59 Å². The normalized spacial score (nSPS) is 42.1. The van der Waals surface area contributed by atoms with Gasteiger partial charge in [0.2, 0.25) is 0 Å². The largest absolute Gasteiger partial charge is 0.481 e. The number of aliphatic carboxylic acids is 1. The predicted molar refractivity (Wildman–Crippen MR) is 73.9 cm³/mol. The number of ether oxygens (including phenoxy) is 2. The minimum Gasteiger partial charge on any atom is -0.481 e. The SMILES string of the molecule is CC(=O)C1CCC2OC2C1.O.O=C(O)C1CCC2OC2C1. The van der Waals surface area contributed by atoms with E-state index in [0.29, 0.717) is 30.0 Å². The van der Waals surface area contributed by atoms with Gasteiger partial charge in [0.1, 0.15) is 5.78 Å². The maximum absolute atomic E-state index is 10.9. The first-order valence-corrected chi connectivity index (χ1v) is 7.58. The third-order valence-corrected chi connectivity index (χ3v) is 4.93. The van der Waals surface area contributed by atoms with Crippen LogP contribution in [0.5, 0.6) is 0 Å². The fourth-order valence-electron chi connectivity index (χ4n) is 3.40. The molecule has 120 valence electrons. The van der Waals surface area contributed by atoms with E-state index in [1.54, 1.807) is 6.92 Å². The summed E-state index contributed by atoms with van der Waals surface area (Å²) >= 11 is 0. The Morgan fingerprint density at radius 2 is 1.33 bits per heavy atom. The third-order valence-electron chi connectivity index (χ3n) is 4.93. The number of epoxide rings is 2. The van der Waals surface area contributed by atoms with Crippen molar-refractivity contribution in [3.63, 3.8) is 0 Å². The van der Waals surface area contributed by atoms with Crippen molar-refractivity contribution < 1.29 is 29.6 Å². The van der Waals surface area contributed by atoms with Gasteiger partial charge in [-0.2, -0.15) is 0 Å². The number of carboxylic acids is 1. The van der Waals surface area contributed by atoms with Crippen LogP contribution in [0.2, 0.25) is 0 Å². The number of hydrogen-bond donors (Lipinski definition) is 1. The van der Waals surface area contributed by atoms with E-state index in [4.69, 9.17) is 14.6 Å². The molecule has 4 rings (SSSR count). The minimum atomic E-state index is -0.658. The molecule has 2 aliphatic heterocycles. The summed E-state index contributed by atoms with van der Waals surface area (Å²) in [7, 11) is 0. The van der Waals surface area contributed by atoms with E-state index >= 15 is 0 Å². The lowest BCUT2D eigenvalue weighted by Crippen LogP contribution is -2.21. The van der Waals surface area contributed by atoms with Crippen molar-refractivity contribution in [2.75, 3.05) is 0 Å². The molecule has 0 aromatic heterocycles. The summed E-state index contributed by atoms with van der Waals surface area (Å²) in [6.45, 7) is 1.69. The first-order valence-electron chi connectivity index (χ1n) is 7.58. The van der Waals surface area contributed by atoms with Gasteiger partial charge >= 0.3 is 5.97 Å². The number of carbonyl (C=O) groups excluding carboxylic acids is 1. The molecule has 3 N–H and O–H groups in total. The zero-order chi connectivity index (χ0) is 14.3. The van der Waals surface area contributed by atoms with Crippen molar-refractivity contribution in [2.45, 2.75) is 69.9 Å². The zero-order valence-corrected chi connectivity index (χ0v) is 12.3. The average molecular weight is 300 g/mol. The van der Waals surface area contributed by atoms with Crippen molar-refractivity contribution in [3.8, 4) is 0 Å². The Labute approximate surface area is 124 Å². The molecule has 4 aliphatic rings. The van der Waals surface area contributed by atoms with Gasteiger partial charge in [0.05, 0.1) is 30.3 Å². The minimum absolute atomic E-state index is 0. The van der Waals surface area contributed by atoms with Crippen molar-refractivity contribution in [2.24, 2.45) is 11.8 Å². The van der Waals surface area contributed by atoms with Crippen LogP contribution >= 0.6 is 0 Å². The van der Waals surface area contributed by atoms with Gasteiger partial charge in [0, 0.05) is 5.92 Å². The molecule has 6 atom stereocenters. The summed E-state index contributed by atoms with van der Waals surface area (Å²) in [5, 5.41) is 8.62. The second-order valence-corrected chi connectivity index (χ2v) is 6.39. The topological polar surface area (TPSA) is 111 Å².